The van der Waals surface area contributed by atoms with E-state index in [1.165, 1.54) is 6.33 Å². The zero-order chi connectivity index (χ0) is 14.4. The van der Waals surface area contributed by atoms with Crippen LogP contribution >= 0.6 is 0 Å². The standard InChI is InChI=1S/C10H13N5O5/c11-10-14-7-4(12-2-13-7)8(19)15(10)9-6(18)5(17)3(1-16)20-9/h2-3,5-6,9,16-18H,1H2,(H2,11,14)(H,12,13)/t3-,5-,6-,9?/m1/s1. The summed E-state index contributed by atoms with van der Waals surface area (Å²) in [7, 11) is 0. The number of aliphatic hydroxyl groups is 3. The number of hydrogen-bond donors (Lipinski definition) is 5. The lowest BCUT2D eigenvalue weighted by Crippen LogP contribution is -2.36. The molecule has 0 amide bonds. The molecule has 108 valence electrons. The molecule has 0 aliphatic carbocycles. The average Bonchev–Trinajstić information content (AvgIpc) is 2.98. The number of nitrogen functional groups attached to an aromatic ring is 1. The number of fused-ring (bicyclic) bond motifs is 1. The van der Waals surface area contributed by atoms with Gasteiger partial charge in [0.1, 0.15) is 18.3 Å². The van der Waals surface area contributed by atoms with Gasteiger partial charge in [-0.3, -0.25) is 4.79 Å². The van der Waals surface area contributed by atoms with Crippen LogP contribution in [0.5, 0.6) is 0 Å². The summed E-state index contributed by atoms with van der Waals surface area (Å²) in [6, 6.07) is 0. The lowest BCUT2D eigenvalue weighted by atomic mass is 10.1. The molecular formula is C10H13N5O5. The van der Waals surface area contributed by atoms with Gasteiger partial charge in [0.15, 0.2) is 17.4 Å². The summed E-state index contributed by atoms with van der Waals surface area (Å²) in [6.07, 6.45) is -3.68. The molecule has 6 N–H and O–H groups in total. The second-order valence-corrected chi connectivity index (χ2v) is 4.47. The van der Waals surface area contributed by atoms with Crippen molar-refractivity contribution in [2.75, 3.05) is 12.3 Å². The fraction of sp³-hybridized carbons (Fsp3) is 0.500. The van der Waals surface area contributed by atoms with Crippen LogP contribution in [0.15, 0.2) is 11.1 Å². The highest BCUT2D eigenvalue weighted by Gasteiger charge is 2.44. The van der Waals surface area contributed by atoms with Gasteiger partial charge in [0.2, 0.25) is 5.95 Å². The van der Waals surface area contributed by atoms with E-state index < -0.39 is 36.7 Å². The number of nitrogens with two attached hydrogens (primary N) is 1. The third-order valence-electron chi connectivity index (χ3n) is 3.29. The van der Waals surface area contributed by atoms with E-state index >= 15 is 0 Å². The van der Waals surface area contributed by atoms with Crippen molar-refractivity contribution in [2.24, 2.45) is 0 Å². The lowest BCUT2D eigenvalue weighted by Gasteiger charge is -2.18. The number of ether oxygens (including phenoxy) is 1. The highest BCUT2D eigenvalue weighted by Crippen LogP contribution is 2.29. The second kappa shape index (κ2) is 4.52. The summed E-state index contributed by atoms with van der Waals surface area (Å²) in [4.78, 5) is 22.7. The molecule has 10 nitrogen and oxygen atoms in total. The third kappa shape index (κ3) is 1.70. The van der Waals surface area contributed by atoms with Gasteiger partial charge < -0.3 is 30.8 Å². The predicted octanol–water partition coefficient (Wildman–Crippen LogP) is -2.69. The largest absolute Gasteiger partial charge is 0.394 e. The fourth-order valence-electron chi connectivity index (χ4n) is 2.25. The molecule has 1 fully saturated rings. The topological polar surface area (TPSA) is 160 Å². The maximum absolute atomic E-state index is 12.3. The maximum atomic E-state index is 12.3. The van der Waals surface area contributed by atoms with Gasteiger partial charge in [-0.15, -0.1) is 0 Å². The van der Waals surface area contributed by atoms with Crippen molar-refractivity contribution in [3.63, 3.8) is 0 Å². The van der Waals surface area contributed by atoms with Crippen LogP contribution in [0.4, 0.5) is 5.95 Å². The Bertz CT molecular complexity index is 697. The highest BCUT2D eigenvalue weighted by atomic mass is 16.6. The van der Waals surface area contributed by atoms with Gasteiger partial charge in [0.05, 0.1) is 12.9 Å². The molecule has 1 aliphatic rings. The third-order valence-corrected chi connectivity index (χ3v) is 3.29. The minimum Gasteiger partial charge on any atom is -0.394 e. The van der Waals surface area contributed by atoms with Gasteiger partial charge in [-0.2, -0.15) is 4.98 Å². The van der Waals surface area contributed by atoms with Crippen molar-refractivity contribution < 1.29 is 20.1 Å². The number of H-pyrrole nitrogens is 1. The minimum absolute atomic E-state index is 0.0388. The summed E-state index contributed by atoms with van der Waals surface area (Å²) in [6.45, 7) is -0.499. The van der Waals surface area contributed by atoms with Crippen LogP contribution in [0, 0.1) is 0 Å². The molecule has 2 aromatic heterocycles. The van der Waals surface area contributed by atoms with Gasteiger partial charge in [-0.05, 0) is 0 Å². The van der Waals surface area contributed by atoms with E-state index in [0.717, 1.165) is 4.57 Å². The van der Waals surface area contributed by atoms with Crippen molar-refractivity contribution in [3.8, 4) is 0 Å². The van der Waals surface area contributed by atoms with Crippen LogP contribution in [0.1, 0.15) is 6.23 Å². The van der Waals surface area contributed by atoms with Gasteiger partial charge in [-0.25, -0.2) is 9.55 Å². The van der Waals surface area contributed by atoms with Crippen LogP contribution in [-0.2, 0) is 4.74 Å². The first kappa shape index (κ1) is 13.0. The van der Waals surface area contributed by atoms with Crippen LogP contribution in [0.2, 0.25) is 0 Å². The number of aromatic amines is 1. The van der Waals surface area contributed by atoms with Gasteiger partial charge in [0.25, 0.3) is 5.56 Å². The first-order valence-corrected chi connectivity index (χ1v) is 5.88. The number of aromatic nitrogens is 4. The molecule has 0 radical (unpaired) electrons. The van der Waals surface area contributed by atoms with Gasteiger partial charge in [0, 0.05) is 0 Å². The molecule has 1 unspecified atom stereocenters. The van der Waals surface area contributed by atoms with Crippen LogP contribution < -0.4 is 11.3 Å². The first-order valence-electron chi connectivity index (χ1n) is 5.88. The summed E-state index contributed by atoms with van der Waals surface area (Å²) in [5.74, 6) is -0.193. The van der Waals surface area contributed by atoms with Crippen molar-refractivity contribution in [3.05, 3.63) is 16.7 Å². The highest BCUT2D eigenvalue weighted by molar-refractivity contribution is 5.69. The molecule has 3 heterocycles. The Hall–Kier alpha value is -2.01. The molecule has 2 aromatic rings. The number of aliphatic hydroxyl groups excluding tert-OH is 3. The average molecular weight is 283 g/mol. The van der Waals surface area contributed by atoms with E-state index in [9.17, 15) is 15.0 Å². The molecule has 20 heavy (non-hydrogen) atoms. The number of imidazole rings is 1. The quantitative estimate of drug-likeness (QED) is 0.398. The van der Waals surface area contributed by atoms with E-state index in [4.69, 9.17) is 15.6 Å². The predicted molar refractivity (Wildman–Crippen MR) is 65.6 cm³/mol. The van der Waals surface area contributed by atoms with Crippen molar-refractivity contribution in [1.82, 2.24) is 19.5 Å². The van der Waals surface area contributed by atoms with E-state index in [-0.39, 0.29) is 17.1 Å². The molecule has 3 rings (SSSR count). The molecule has 1 saturated heterocycles. The summed E-state index contributed by atoms with van der Waals surface area (Å²) >= 11 is 0. The monoisotopic (exact) mass is 283 g/mol. The normalized spacial score (nSPS) is 30.1. The summed E-state index contributed by atoms with van der Waals surface area (Å²) in [5.41, 5.74) is 5.34. The Labute approximate surface area is 111 Å². The smallest absolute Gasteiger partial charge is 0.285 e. The van der Waals surface area contributed by atoms with E-state index in [1.54, 1.807) is 0 Å². The maximum Gasteiger partial charge on any atom is 0.285 e. The van der Waals surface area contributed by atoms with Crippen LogP contribution in [-0.4, -0.2) is 59.8 Å². The van der Waals surface area contributed by atoms with Crippen molar-refractivity contribution in [2.45, 2.75) is 24.5 Å². The van der Waals surface area contributed by atoms with Gasteiger partial charge >= 0.3 is 0 Å². The van der Waals surface area contributed by atoms with Crippen LogP contribution in [0.25, 0.3) is 11.2 Å². The number of anilines is 1. The Balaban J connectivity index is 2.13. The van der Waals surface area contributed by atoms with E-state index in [1.807, 2.05) is 0 Å². The van der Waals surface area contributed by atoms with E-state index in [0.29, 0.717) is 0 Å². The molecule has 0 bridgehead atoms. The molecule has 4 atom stereocenters. The molecular weight excluding hydrogens is 270 g/mol. The Morgan fingerprint density at radius 2 is 2.20 bits per heavy atom. The fourth-order valence-corrected chi connectivity index (χ4v) is 2.25. The number of rotatable bonds is 2. The van der Waals surface area contributed by atoms with Gasteiger partial charge in [-0.1, -0.05) is 0 Å². The second-order valence-electron chi connectivity index (χ2n) is 4.47. The molecule has 0 spiro atoms. The Morgan fingerprint density at radius 1 is 1.45 bits per heavy atom. The van der Waals surface area contributed by atoms with Crippen molar-refractivity contribution in [1.29, 1.82) is 0 Å². The van der Waals surface area contributed by atoms with Crippen LogP contribution in [0.3, 0.4) is 0 Å². The molecule has 0 saturated carbocycles. The van der Waals surface area contributed by atoms with E-state index in [2.05, 4.69) is 15.0 Å². The molecule has 0 aromatic carbocycles. The lowest BCUT2D eigenvalue weighted by molar-refractivity contribution is -0.0534. The Morgan fingerprint density at radius 3 is 2.85 bits per heavy atom. The summed E-state index contributed by atoms with van der Waals surface area (Å²) in [5, 5.41) is 28.7. The zero-order valence-corrected chi connectivity index (χ0v) is 10.2. The minimum atomic E-state index is -1.41. The number of hydrogen-bond acceptors (Lipinski definition) is 8. The number of nitrogens with zero attached hydrogens (tertiary/aromatic N) is 3. The molecule has 1 aliphatic heterocycles. The zero-order valence-electron chi connectivity index (χ0n) is 10.2. The summed E-state index contributed by atoms with van der Waals surface area (Å²) < 4.78 is 6.17. The van der Waals surface area contributed by atoms with Crippen molar-refractivity contribution >= 4 is 17.1 Å². The SMILES string of the molecule is Nc1nc2[nH]cnc2c(=O)n1C1O[C@H](CO)[C@@H](O)[C@H]1O. The first-order chi connectivity index (χ1) is 9.54. The Kier molecular flexibility index (Phi) is 2.94. The molecule has 10 heteroatoms. The number of nitrogens with one attached hydrogen (secondary N) is 1.